The predicted octanol–water partition coefficient (Wildman–Crippen LogP) is 2.07. The number of rotatable bonds is 6. The number of hydrogen-bond acceptors (Lipinski definition) is 4. The van der Waals surface area contributed by atoms with Crippen molar-refractivity contribution in [2.45, 2.75) is 38.5 Å². The molecule has 3 rings (SSSR count). The molecule has 1 fully saturated rings. The van der Waals surface area contributed by atoms with Gasteiger partial charge in [0.1, 0.15) is 0 Å². The molecule has 1 saturated carbocycles. The maximum Gasteiger partial charge on any atom is 0.226 e. The number of aryl methyl sites for hydroxylation is 2. The molecule has 2 aromatic heterocycles. The summed E-state index contributed by atoms with van der Waals surface area (Å²) < 4.78 is 3.28. The molecule has 0 aliphatic heterocycles. The highest BCUT2D eigenvalue weighted by atomic mass is 16.2. The Hall–Kier alpha value is -2.64. The van der Waals surface area contributed by atoms with Gasteiger partial charge in [0.05, 0.1) is 0 Å². The molecule has 8 nitrogen and oxygen atoms in total. The predicted molar refractivity (Wildman–Crippen MR) is 93.8 cm³/mol. The summed E-state index contributed by atoms with van der Waals surface area (Å²) in [5.74, 6) is 0.898. The highest BCUT2D eigenvalue weighted by Gasteiger charge is 2.38. The number of nitrogens with one attached hydrogen (secondary N) is 2. The summed E-state index contributed by atoms with van der Waals surface area (Å²) in [5.41, 5.74) is -0.280. The van der Waals surface area contributed by atoms with E-state index in [1.54, 1.807) is 48.0 Å². The van der Waals surface area contributed by atoms with Gasteiger partial charge in [-0.1, -0.05) is 12.8 Å². The maximum absolute atomic E-state index is 12.4. The first-order valence-corrected chi connectivity index (χ1v) is 8.53. The number of carbonyl (C=O) groups excluding carboxylic acids is 2. The second-order valence-corrected chi connectivity index (χ2v) is 6.91. The van der Waals surface area contributed by atoms with Crippen LogP contribution in [0, 0.1) is 5.41 Å². The van der Waals surface area contributed by atoms with Crippen LogP contribution in [0.4, 0.5) is 11.6 Å². The summed E-state index contributed by atoms with van der Waals surface area (Å²) in [6, 6.07) is 3.51. The third-order valence-corrected chi connectivity index (χ3v) is 4.70. The zero-order valence-electron chi connectivity index (χ0n) is 14.7. The largest absolute Gasteiger partial charge is 0.309 e. The van der Waals surface area contributed by atoms with E-state index in [4.69, 9.17) is 0 Å². The van der Waals surface area contributed by atoms with Crippen molar-refractivity contribution < 1.29 is 9.59 Å². The van der Waals surface area contributed by atoms with E-state index in [0.29, 0.717) is 24.5 Å². The minimum Gasteiger partial charge on any atom is -0.309 e. The average Bonchev–Trinajstić information content (AvgIpc) is 3.23. The SMILES string of the molecule is Cn1ccc(NC(=O)CC2(CC(=O)Nc3ccn(C)n3)CCCC2)n1. The van der Waals surface area contributed by atoms with Crippen LogP contribution in [0.3, 0.4) is 0 Å². The molecule has 2 aromatic rings. The van der Waals surface area contributed by atoms with E-state index in [-0.39, 0.29) is 17.2 Å². The molecule has 2 amide bonds. The first kappa shape index (κ1) is 17.2. The van der Waals surface area contributed by atoms with Crippen molar-refractivity contribution in [1.29, 1.82) is 0 Å². The zero-order valence-corrected chi connectivity index (χ0v) is 14.7. The minimum absolute atomic E-state index is 0.0914. The summed E-state index contributed by atoms with van der Waals surface area (Å²) in [6.07, 6.45) is 8.10. The molecule has 1 aliphatic rings. The maximum atomic E-state index is 12.4. The highest BCUT2D eigenvalue weighted by Crippen LogP contribution is 2.44. The van der Waals surface area contributed by atoms with Gasteiger partial charge in [0.2, 0.25) is 11.8 Å². The number of nitrogens with zero attached hydrogens (tertiary/aromatic N) is 4. The van der Waals surface area contributed by atoms with Gasteiger partial charge in [-0.2, -0.15) is 10.2 Å². The van der Waals surface area contributed by atoms with Gasteiger partial charge in [-0.25, -0.2) is 0 Å². The standard InChI is InChI=1S/C17H24N6O2/c1-22-9-5-13(20-22)18-15(24)11-17(7-3-4-8-17)12-16(25)19-14-6-10-23(2)21-14/h5-6,9-10H,3-4,7-8,11-12H2,1-2H3,(H,18,20,24)(H,19,21,25). The van der Waals surface area contributed by atoms with Crippen LogP contribution in [0.25, 0.3) is 0 Å². The fourth-order valence-electron chi connectivity index (χ4n) is 3.56. The Morgan fingerprint density at radius 1 is 0.960 bits per heavy atom. The van der Waals surface area contributed by atoms with Gasteiger partial charge in [0.25, 0.3) is 0 Å². The Morgan fingerprint density at radius 3 is 1.76 bits per heavy atom. The normalized spacial score (nSPS) is 15.9. The number of anilines is 2. The van der Waals surface area contributed by atoms with Crippen LogP contribution in [-0.2, 0) is 23.7 Å². The Morgan fingerprint density at radius 2 is 1.40 bits per heavy atom. The lowest BCUT2D eigenvalue weighted by Gasteiger charge is -2.27. The van der Waals surface area contributed by atoms with E-state index in [1.807, 2.05) is 0 Å². The lowest BCUT2D eigenvalue weighted by atomic mass is 9.79. The molecule has 0 atom stereocenters. The lowest BCUT2D eigenvalue weighted by molar-refractivity contribution is -0.121. The topological polar surface area (TPSA) is 93.8 Å². The molecule has 0 radical (unpaired) electrons. The fourth-order valence-corrected chi connectivity index (χ4v) is 3.56. The third-order valence-electron chi connectivity index (χ3n) is 4.70. The van der Waals surface area contributed by atoms with Gasteiger partial charge in [-0.3, -0.25) is 19.0 Å². The van der Waals surface area contributed by atoms with Crippen LogP contribution in [0.2, 0.25) is 0 Å². The summed E-state index contributed by atoms with van der Waals surface area (Å²) in [5, 5.41) is 14.0. The Bertz CT molecular complexity index is 699. The molecule has 8 heteroatoms. The number of hydrogen-bond donors (Lipinski definition) is 2. The van der Waals surface area contributed by atoms with Crippen LogP contribution in [-0.4, -0.2) is 31.4 Å². The van der Waals surface area contributed by atoms with Crippen molar-refractivity contribution >= 4 is 23.5 Å². The van der Waals surface area contributed by atoms with Crippen molar-refractivity contribution in [2.24, 2.45) is 19.5 Å². The Kier molecular flexibility index (Phi) is 4.87. The molecule has 0 saturated heterocycles. The van der Waals surface area contributed by atoms with E-state index in [2.05, 4.69) is 20.8 Å². The first-order chi connectivity index (χ1) is 11.9. The molecule has 0 aromatic carbocycles. The van der Waals surface area contributed by atoms with Gasteiger partial charge in [0, 0.05) is 51.5 Å². The number of aromatic nitrogens is 4. The van der Waals surface area contributed by atoms with Crippen molar-refractivity contribution in [2.75, 3.05) is 10.6 Å². The average molecular weight is 344 g/mol. The fraction of sp³-hybridized carbons (Fsp3) is 0.529. The van der Waals surface area contributed by atoms with Crippen LogP contribution in [0.1, 0.15) is 38.5 Å². The Balaban J connectivity index is 1.60. The summed E-state index contributed by atoms with van der Waals surface area (Å²) in [6.45, 7) is 0. The molecular formula is C17H24N6O2. The second-order valence-electron chi connectivity index (χ2n) is 6.91. The molecule has 134 valence electrons. The van der Waals surface area contributed by atoms with Gasteiger partial charge < -0.3 is 10.6 Å². The minimum atomic E-state index is -0.280. The van der Waals surface area contributed by atoms with Gasteiger partial charge >= 0.3 is 0 Å². The van der Waals surface area contributed by atoms with E-state index in [1.165, 1.54) is 0 Å². The molecule has 0 unspecified atom stereocenters. The first-order valence-electron chi connectivity index (χ1n) is 8.53. The van der Waals surface area contributed by atoms with Crippen LogP contribution < -0.4 is 10.6 Å². The summed E-state index contributed by atoms with van der Waals surface area (Å²) in [4.78, 5) is 24.8. The van der Waals surface area contributed by atoms with E-state index in [0.717, 1.165) is 25.7 Å². The van der Waals surface area contributed by atoms with Crippen molar-refractivity contribution in [1.82, 2.24) is 19.6 Å². The molecule has 0 spiro atoms. The summed E-state index contributed by atoms with van der Waals surface area (Å²) >= 11 is 0. The van der Waals surface area contributed by atoms with E-state index < -0.39 is 0 Å². The molecule has 2 N–H and O–H groups in total. The van der Waals surface area contributed by atoms with Gasteiger partial charge in [-0.05, 0) is 18.3 Å². The zero-order chi connectivity index (χ0) is 17.9. The molecule has 0 bridgehead atoms. The van der Waals surface area contributed by atoms with Crippen LogP contribution >= 0.6 is 0 Å². The van der Waals surface area contributed by atoms with Crippen LogP contribution in [0.5, 0.6) is 0 Å². The molecule has 25 heavy (non-hydrogen) atoms. The highest BCUT2D eigenvalue weighted by molar-refractivity contribution is 5.93. The Labute approximate surface area is 146 Å². The summed E-state index contributed by atoms with van der Waals surface area (Å²) in [7, 11) is 3.60. The van der Waals surface area contributed by atoms with E-state index >= 15 is 0 Å². The number of carbonyl (C=O) groups is 2. The molecule has 1 aliphatic carbocycles. The monoisotopic (exact) mass is 344 g/mol. The van der Waals surface area contributed by atoms with E-state index in [9.17, 15) is 9.59 Å². The van der Waals surface area contributed by atoms with Gasteiger partial charge in [0.15, 0.2) is 11.6 Å². The molecule has 2 heterocycles. The second kappa shape index (κ2) is 7.08. The third kappa shape index (κ3) is 4.46. The number of amides is 2. The van der Waals surface area contributed by atoms with Crippen molar-refractivity contribution in [3.8, 4) is 0 Å². The van der Waals surface area contributed by atoms with Crippen molar-refractivity contribution in [3.05, 3.63) is 24.5 Å². The van der Waals surface area contributed by atoms with Gasteiger partial charge in [-0.15, -0.1) is 0 Å². The van der Waals surface area contributed by atoms with Crippen molar-refractivity contribution in [3.63, 3.8) is 0 Å². The quantitative estimate of drug-likeness (QED) is 0.839. The van der Waals surface area contributed by atoms with Crippen LogP contribution in [0.15, 0.2) is 24.5 Å². The molecular weight excluding hydrogens is 320 g/mol. The smallest absolute Gasteiger partial charge is 0.226 e. The lowest BCUT2D eigenvalue weighted by Crippen LogP contribution is -2.30.